The molecule has 0 spiro atoms. The fourth-order valence-corrected chi connectivity index (χ4v) is 3.36. The van der Waals surface area contributed by atoms with E-state index in [9.17, 15) is 0 Å². The monoisotopic (exact) mass is 482 g/mol. The molecule has 0 saturated carbocycles. The first kappa shape index (κ1) is 12.1. The van der Waals surface area contributed by atoms with Crippen LogP contribution in [0.4, 0.5) is 0 Å². The minimum atomic E-state index is -1.18. The second kappa shape index (κ2) is 6.61. The number of aliphatic hydroxyl groups is 2. The third kappa shape index (κ3) is 4.88. The second-order valence-electron chi connectivity index (χ2n) is 1.85. The molecule has 2 atom stereocenters. The lowest BCUT2D eigenvalue weighted by Crippen LogP contribution is -2.28. The summed E-state index contributed by atoms with van der Waals surface area (Å²) in [6.07, 6.45) is -0.141. The van der Waals surface area contributed by atoms with Gasteiger partial charge in [-0.05, 0) is 6.42 Å². The van der Waals surface area contributed by atoms with E-state index < -0.39 is 6.29 Å². The number of hydrogen-bond donors (Lipinski definition) is 2. The van der Waals surface area contributed by atoms with Crippen LogP contribution in [0.5, 0.6) is 0 Å². The van der Waals surface area contributed by atoms with Crippen molar-refractivity contribution >= 4 is 67.8 Å². The van der Waals surface area contributed by atoms with E-state index in [0.29, 0.717) is 3.92 Å². The van der Waals surface area contributed by atoms with Crippen LogP contribution in [0.1, 0.15) is 6.42 Å². The van der Waals surface area contributed by atoms with Gasteiger partial charge in [-0.3, -0.25) is 0 Å². The van der Waals surface area contributed by atoms with E-state index in [1.165, 1.54) is 0 Å². The first-order valence-electron chi connectivity index (χ1n) is 2.80. The minimum Gasteiger partial charge on any atom is -0.367 e. The first-order valence-corrected chi connectivity index (χ1v) is 6.81. The summed E-state index contributed by atoms with van der Waals surface area (Å²) in [5, 5.41) is 17.5. The number of aliphatic hydroxyl groups excluding tert-OH is 1. The number of halogens is 3. The third-order valence-electron chi connectivity index (χ3n) is 1.02. The lowest BCUT2D eigenvalue weighted by atomic mass is 10.2. The zero-order valence-electron chi connectivity index (χ0n) is 5.17. The molecule has 0 heterocycles. The van der Waals surface area contributed by atoms with Crippen LogP contribution in [0.25, 0.3) is 0 Å². The second-order valence-corrected chi connectivity index (χ2v) is 5.97. The summed E-state index contributed by atoms with van der Waals surface area (Å²) in [6.45, 7) is 0. The van der Waals surface area contributed by atoms with Gasteiger partial charge < -0.3 is 10.2 Å². The maximum atomic E-state index is 8.76. The van der Waals surface area contributed by atoms with Crippen molar-refractivity contribution in [2.45, 2.75) is 20.6 Å². The van der Waals surface area contributed by atoms with Gasteiger partial charge >= 0.3 is 0 Å². The van der Waals surface area contributed by atoms with Crippen molar-refractivity contribution in [3.63, 3.8) is 0 Å². The average molecular weight is 482 g/mol. The predicted octanol–water partition coefficient (Wildman–Crippen LogP) is 1.73. The Morgan fingerprint density at radius 3 is 2.00 bits per heavy atom. The zero-order chi connectivity index (χ0) is 8.15. The molecule has 0 aromatic rings. The van der Waals surface area contributed by atoms with E-state index in [0.717, 1.165) is 10.8 Å². The molecule has 0 radical (unpaired) electrons. The van der Waals surface area contributed by atoms with Crippen LogP contribution in [0.2, 0.25) is 0 Å². The molecular formula is C5H9I3O2. The molecule has 0 aromatic heterocycles. The Morgan fingerprint density at radius 1 is 1.20 bits per heavy atom. The van der Waals surface area contributed by atoms with Crippen molar-refractivity contribution in [3.8, 4) is 0 Å². The Kier molecular flexibility index (Phi) is 8.00. The molecule has 5 heteroatoms. The smallest absolute Gasteiger partial charge is 0.164 e. The Morgan fingerprint density at radius 2 is 1.70 bits per heavy atom. The number of hydrogen-bond acceptors (Lipinski definition) is 2. The van der Waals surface area contributed by atoms with E-state index in [1.54, 1.807) is 0 Å². The molecule has 0 amide bonds. The SMILES string of the molecule is OC(O)C(I)C(I)CCI. The molecular weight excluding hydrogens is 473 g/mol. The van der Waals surface area contributed by atoms with Crippen molar-refractivity contribution < 1.29 is 10.2 Å². The van der Waals surface area contributed by atoms with Crippen molar-refractivity contribution in [3.05, 3.63) is 0 Å². The Balaban J connectivity index is 3.58. The summed E-state index contributed by atoms with van der Waals surface area (Å²) in [7, 11) is 0. The molecule has 0 rings (SSSR count). The molecule has 0 aliphatic rings. The Hall–Kier alpha value is 2.11. The third-order valence-corrected chi connectivity index (χ3v) is 5.92. The van der Waals surface area contributed by atoms with Gasteiger partial charge in [0.1, 0.15) is 0 Å². The summed E-state index contributed by atoms with van der Waals surface area (Å²) in [5.74, 6) is 0. The maximum Gasteiger partial charge on any atom is 0.164 e. The fourth-order valence-electron chi connectivity index (χ4n) is 0.450. The van der Waals surface area contributed by atoms with E-state index in [-0.39, 0.29) is 3.92 Å². The molecule has 0 bridgehead atoms. The first-order chi connectivity index (χ1) is 4.59. The quantitative estimate of drug-likeness (QED) is 0.365. The summed E-state index contributed by atoms with van der Waals surface area (Å²) in [4.78, 5) is 0. The van der Waals surface area contributed by atoms with Crippen LogP contribution in [0, 0.1) is 0 Å². The van der Waals surface area contributed by atoms with Gasteiger partial charge in [0.2, 0.25) is 0 Å². The van der Waals surface area contributed by atoms with Gasteiger partial charge in [0, 0.05) is 8.35 Å². The van der Waals surface area contributed by atoms with Gasteiger partial charge in [0.25, 0.3) is 0 Å². The van der Waals surface area contributed by atoms with Gasteiger partial charge in [0.05, 0.1) is 3.92 Å². The van der Waals surface area contributed by atoms with Gasteiger partial charge in [-0.2, -0.15) is 0 Å². The Bertz CT molecular complexity index is 89.0. The van der Waals surface area contributed by atoms with Crippen molar-refractivity contribution in [2.75, 3.05) is 4.43 Å². The standard InChI is InChI=1S/C5H9I3O2/c6-2-1-3(7)4(8)5(9)10/h3-5,9-10H,1-2H2. The molecule has 2 N–H and O–H groups in total. The summed E-state index contributed by atoms with van der Waals surface area (Å²) >= 11 is 6.61. The lowest BCUT2D eigenvalue weighted by Gasteiger charge is -2.16. The van der Waals surface area contributed by atoms with Crippen LogP contribution < -0.4 is 0 Å². The topological polar surface area (TPSA) is 40.5 Å². The average Bonchev–Trinajstić information content (AvgIpc) is 1.87. The normalized spacial score (nSPS) is 17.4. The molecule has 10 heavy (non-hydrogen) atoms. The molecule has 0 aromatic carbocycles. The van der Waals surface area contributed by atoms with E-state index in [2.05, 4.69) is 67.8 Å². The van der Waals surface area contributed by atoms with Crippen LogP contribution in [-0.2, 0) is 0 Å². The van der Waals surface area contributed by atoms with Gasteiger partial charge in [-0.1, -0.05) is 67.8 Å². The highest BCUT2D eigenvalue weighted by Gasteiger charge is 2.20. The fraction of sp³-hybridized carbons (Fsp3) is 1.00. The van der Waals surface area contributed by atoms with Crippen LogP contribution in [0.15, 0.2) is 0 Å². The number of rotatable bonds is 4. The molecule has 62 valence electrons. The van der Waals surface area contributed by atoms with E-state index in [1.807, 2.05) is 0 Å². The Labute approximate surface area is 102 Å². The van der Waals surface area contributed by atoms with Crippen molar-refractivity contribution in [2.24, 2.45) is 0 Å². The molecule has 0 aliphatic carbocycles. The van der Waals surface area contributed by atoms with Gasteiger partial charge in [-0.15, -0.1) is 0 Å². The molecule has 0 aliphatic heterocycles. The minimum absolute atomic E-state index is 0.0482. The van der Waals surface area contributed by atoms with Gasteiger partial charge in [0.15, 0.2) is 6.29 Å². The lowest BCUT2D eigenvalue weighted by molar-refractivity contribution is -0.0359. The van der Waals surface area contributed by atoms with Gasteiger partial charge in [-0.25, -0.2) is 0 Å². The largest absolute Gasteiger partial charge is 0.367 e. The molecule has 0 fully saturated rings. The molecule has 2 unspecified atom stereocenters. The highest BCUT2D eigenvalue weighted by molar-refractivity contribution is 14.1. The maximum absolute atomic E-state index is 8.76. The van der Waals surface area contributed by atoms with Crippen LogP contribution in [0.3, 0.4) is 0 Å². The van der Waals surface area contributed by atoms with E-state index >= 15 is 0 Å². The highest BCUT2D eigenvalue weighted by Crippen LogP contribution is 2.21. The molecule has 2 nitrogen and oxygen atoms in total. The van der Waals surface area contributed by atoms with Crippen molar-refractivity contribution in [1.29, 1.82) is 0 Å². The highest BCUT2D eigenvalue weighted by atomic mass is 127. The summed E-state index contributed by atoms with van der Waals surface area (Å²) < 4.78 is 1.38. The zero-order valence-corrected chi connectivity index (χ0v) is 11.6. The molecule has 0 saturated heterocycles. The number of alkyl halides is 3. The van der Waals surface area contributed by atoms with Crippen LogP contribution >= 0.6 is 67.8 Å². The predicted molar refractivity (Wildman–Crippen MR) is 67.3 cm³/mol. The summed E-state index contributed by atoms with van der Waals surface area (Å²) in [5.41, 5.74) is 0. The summed E-state index contributed by atoms with van der Waals surface area (Å²) in [6, 6.07) is 0. The van der Waals surface area contributed by atoms with E-state index in [4.69, 9.17) is 10.2 Å². The van der Waals surface area contributed by atoms with Crippen LogP contribution in [-0.4, -0.2) is 28.8 Å². The van der Waals surface area contributed by atoms with Crippen molar-refractivity contribution in [1.82, 2.24) is 0 Å².